The summed E-state index contributed by atoms with van der Waals surface area (Å²) < 4.78 is 5.86. The molecule has 0 aromatic heterocycles. The van der Waals surface area contributed by atoms with E-state index in [1.54, 1.807) is 13.8 Å². The summed E-state index contributed by atoms with van der Waals surface area (Å²) >= 11 is 0. The Kier molecular flexibility index (Phi) is 4.16. The molecule has 3 nitrogen and oxygen atoms in total. The molecule has 0 unspecified atom stereocenters. The third-order valence-electron chi connectivity index (χ3n) is 3.73. The maximum atomic E-state index is 12.4. The summed E-state index contributed by atoms with van der Waals surface area (Å²) in [6.07, 6.45) is 2.07. The monoisotopic (exact) mass is 290 g/mol. The molecular weight excluding hydrogens is 264 g/mol. The topological polar surface area (TPSA) is 46.5 Å². The smallest absolute Gasteiger partial charge is 0.165 e. The fourth-order valence-electron chi connectivity index (χ4n) is 2.70. The van der Waals surface area contributed by atoms with E-state index in [0.29, 0.717) is 5.56 Å². The Morgan fingerprint density at radius 3 is 2.48 bits per heavy atom. The zero-order valence-corrected chi connectivity index (χ0v) is 13.7. The molecule has 2 rings (SSSR count). The summed E-state index contributed by atoms with van der Waals surface area (Å²) in [4.78, 5) is 12.4. The van der Waals surface area contributed by atoms with Crippen LogP contribution in [0.2, 0.25) is 0 Å². The number of ether oxygens (including phenoxy) is 1. The molecule has 1 heterocycles. The van der Waals surface area contributed by atoms with Gasteiger partial charge in [-0.25, -0.2) is 0 Å². The molecule has 0 aliphatic carbocycles. The predicted molar refractivity (Wildman–Crippen MR) is 84.2 cm³/mol. The van der Waals surface area contributed by atoms with E-state index in [2.05, 4.69) is 20.8 Å². The van der Waals surface area contributed by atoms with Crippen LogP contribution < -0.4 is 4.74 Å². The van der Waals surface area contributed by atoms with Crippen molar-refractivity contribution in [1.29, 1.82) is 0 Å². The highest BCUT2D eigenvalue weighted by atomic mass is 16.5. The van der Waals surface area contributed by atoms with Gasteiger partial charge in [0, 0.05) is 17.5 Å². The molecule has 1 aromatic rings. The van der Waals surface area contributed by atoms with Gasteiger partial charge in [0.05, 0.1) is 12.2 Å². The number of ketones is 1. The van der Waals surface area contributed by atoms with E-state index < -0.39 is 5.60 Å². The zero-order chi connectivity index (χ0) is 15.8. The summed E-state index contributed by atoms with van der Waals surface area (Å²) in [6.45, 7) is 10.5. The van der Waals surface area contributed by atoms with Crippen molar-refractivity contribution in [2.75, 3.05) is 6.61 Å². The van der Waals surface area contributed by atoms with Crippen LogP contribution >= 0.6 is 0 Å². The van der Waals surface area contributed by atoms with E-state index in [4.69, 9.17) is 4.74 Å². The van der Waals surface area contributed by atoms with E-state index in [0.717, 1.165) is 36.3 Å². The number of hydrogen-bond acceptors (Lipinski definition) is 3. The minimum absolute atomic E-state index is 0.0126. The Balaban J connectivity index is 2.47. The quantitative estimate of drug-likeness (QED) is 0.864. The molecule has 0 spiro atoms. The second-order valence-corrected chi connectivity index (χ2v) is 7.63. The first-order valence-corrected chi connectivity index (χ1v) is 7.64. The molecule has 21 heavy (non-hydrogen) atoms. The number of rotatable bonds is 3. The van der Waals surface area contributed by atoms with Gasteiger partial charge in [0.25, 0.3) is 0 Å². The average Bonchev–Trinajstić information content (AvgIpc) is 2.34. The molecule has 0 fully saturated rings. The first-order chi connectivity index (χ1) is 9.58. The normalized spacial score (nSPS) is 15.3. The number of benzene rings is 1. The van der Waals surface area contributed by atoms with Gasteiger partial charge in [-0.05, 0) is 49.8 Å². The van der Waals surface area contributed by atoms with E-state index in [-0.39, 0.29) is 17.6 Å². The summed E-state index contributed by atoms with van der Waals surface area (Å²) in [5.74, 6) is 0.940. The number of fused-ring (bicyclic) bond motifs is 1. The molecule has 0 saturated carbocycles. The van der Waals surface area contributed by atoms with Crippen molar-refractivity contribution < 1.29 is 14.6 Å². The van der Waals surface area contributed by atoms with Crippen LogP contribution in [0, 0.1) is 0 Å². The Morgan fingerprint density at radius 2 is 1.90 bits per heavy atom. The summed E-state index contributed by atoms with van der Waals surface area (Å²) in [5.41, 5.74) is 1.83. The molecule has 3 heteroatoms. The number of aryl methyl sites for hydroxylation is 1. The molecule has 0 bridgehead atoms. The van der Waals surface area contributed by atoms with Crippen molar-refractivity contribution in [3.63, 3.8) is 0 Å². The van der Waals surface area contributed by atoms with Crippen LogP contribution in [0.3, 0.4) is 0 Å². The molecule has 0 amide bonds. The van der Waals surface area contributed by atoms with Crippen LogP contribution in [0.1, 0.15) is 68.9 Å². The Morgan fingerprint density at radius 1 is 1.24 bits per heavy atom. The largest absolute Gasteiger partial charge is 0.493 e. The second-order valence-electron chi connectivity index (χ2n) is 7.63. The Labute approximate surface area is 127 Å². The first kappa shape index (κ1) is 16.0. The van der Waals surface area contributed by atoms with Gasteiger partial charge in [-0.2, -0.15) is 0 Å². The van der Waals surface area contributed by atoms with Crippen molar-refractivity contribution in [1.82, 2.24) is 0 Å². The van der Waals surface area contributed by atoms with Crippen LogP contribution in [0.5, 0.6) is 5.75 Å². The molecule has 1 N–H and O–H groups in total. The Hall–Kier alpha value is -1.35. The lowest BCUT2D eigenvalue weighted by Crippen LogP contribution is -2.24. The van der Waals surface area contributed by atoms with Gasteiger partial charge in [-0.15, -0.1) is 0 Å². The molecule has 0 atom stereocenters. The summed E-state index contributed by atoms with van der Waals surface area (Å²) in [5, 5.41) is 9.87. The fourth-order valence-corrected chi connectivity index (χ4v) is 2.70. The van der Waals surface area contributed by atoms with Crippen LogP contribution in [0.4, 0.5) is 0 Å². The number of aliphatic hydroxyl groups is 1. The lowest BCUT2D eigenvalue weighted by molar-refractivity contribution is 0.0587. The second kappa shape index (κ2) is 5.45. The minimum Gasteiger partial charge on any atom is -0.493 e. The third kappa shape index (κ3) is 3.85. The Bertz CT molecular complexity index is 545. The number of carbonyl (C=O) groups excluding carboxylic acids is 1. The summed E-state index contributed by atoms with van der Waals surface area (Å²) in [6, 6.07) is 3.88. The molecule has 0 saturated heterocycles. The van der Waals surface area contributed by atoms with Gasteiger partial charge in [0.15, 0.2) is 5.78 Å². The van der Waals surface area contributed by atoms with Crippen LogP contribution in [-0.4, -0.2) is 23.1 Å². The van der Waals surface area contributed by atoms with Crippen molar-refractivity contribution in [2.24, 2.45) is 0 Å². The maximum Gasteiger partial charge on any atom is 0.165 e. The summed E-state index contributed by atoms with van der Waals surface area (Å²) in [7, 11) is 0. The third-order valence-corrected chi connectivity index (χ3v) is 3.73. The fraction of sp³-hybridized carbons (Fsp3) is 0.611. The molecule has 1 aliphatic heterocycles. The maximum absolute atomic E-state index is 12.4. The standard InChI is InChI=1S/C18H26O3/c1-17(2,3)14-10-13(15(19)11-18(4,5)20)9-12-7-6-8-21-16(12)14/h9-10,20H,6-8,11H2,1-5H3. The van der Waals surface area contributed by atoms with Gasteiger partial charge in [-0.1, -0.05) is 20.8 Å². The molecule has 1 aliphatic rings. The SMILES string of the molecule is CC(C)(O)CC(=O)c1cc2c(c(C(C)(C)C)c1)OCCC2. The van der Waals surface area contributed by atoms with Crippen LogP contribution in [0.25, 0.3) is 0 Å². The molecule has 116 valence electrons. The van der Waals surface area contributed by atoms with Gasteiger partial charge < -0.3 is 9.84 Å². The molecule has 1 aromatic carbocycles. The van der Waals surface area contributed by atoms with E-state index >= 15 is 0 Å². The number of Topliss-reactive ketones (excluding diaryl/α,β-unsaturated/α-hetero) is 1. The molecule has 0 radical (unpaired) electrons. The van der Waals surface area contributed by atoms with Gasteiger partial charge >= 0.3 is 0 Å². The highest BCUT2D eigenvalue weighted by molar-refractivity contribution is 5.97. The first-order valence-electron chi connectivity index (χ1n) is 7.64. The predicted octanol–water partition coefficient (Wildman–Crippen LogP) is 3.65. The van der Waals surface area contributed by atoms with Gasteiger partial charge in [0.1, 0.15) is 5.75 Å². The number of hydrogen-bond donors (Lipinski definition) is 1. The van der Waals surface area contributed by atoms with Crippen LogP contribution in [-0.2, 0) is 11.8 Å². The molecular formula is C18H26O3. The van der Waals surface area contributed by atoms with Crippen LogP contribution in [0.15, 0.2) is 12.1 Å². The number of carbonyl (C=O) groups is 1. The van der Waals surface area contributed by atoms with Gasteiger partial charge in [-0.3, -0.25) is 4.79 Å². The highest BCUT2D eigenvalue weighted by Crippen LogP contribution is 2.38. The van der Waals surface area contributed by atoms with Crippen molar-refractivity contribution in [3.05, 3.63) is 28.8 Å². The van der Waals surface area contributed by atoms with E-state index in [9.17, 15) is 9.90 Å². The van der Waals surface area contributed by atoms with Crippen molar-refractivity contribution >= 4 is 5.78 Å². The van der Waals surface area contributed by atoms with E-state index in [1.165, 1.54) is 0 Å². The van der Waals surface area contributed by atoms with E-state index in [1.807, 2.05) is 12.1 Å². The van der Waals surface area contributed by atoms with Crippen molar-refractivity contribution in [3.8, 4) is 5.75 Å². The average molecular weight is 290 g/mol. The van der Waals surface area contributed by atoms with Crippen molar-refractivity contribution in [2.45, 2.75) is 64.9 Å². The zero-order valence-electron chi connectivity index (χ0n) is 13.7. The lowest BCUT2D eigenvalue weighted by atomic mass is 9.82. The minimum atomic E-state index is -0.981. The van der Waals surface area contributed by atoms with Gasteiger partial charge in [0.2, 0.25) is 0 Å². The lowest BCUT2D eigenvalue weighted by Gasteiger charge is -2.28. The highest BCUT2D eigenvalue weighted by Gasteiger charge is 2.27.